The number of rotatable bonds is 3. The van der Waals surface area contributed by atoms with E-state index in [1.165, 1.54) is 0 Å². The maximum atomic E-state index is 8.81. The normalized spacial score (nSPS) is 9.29. The number of anilines is 2. The largest absolute Gasteiger partial charge is 0.369 e. The minimum atomic E-state index is 0.155. The van der Waals surface area contributed by atoms with Crippen molar-refractivity contribution in [1.82, 2.24) is 9.97 Å². The average molecular weight is 212 g/mol. The topological polar surface area (TPSA) is 73.6 Å². The first-order chi connectivity index (χ1) is 6.72. The molecule has 1 aromatic heterocycles. The van der Waals surface area contributed by atoms with Gasteiger partial charge in [0, 0.05) is 13.6 Å². The van der Waals surface area contributed by atoms with Crippen LogP contribution in [0.2, 0.25) is 5.15 Å². The van der Waals surface area contributed by atoms with E-state index < -0.39 is 0 Å². The fourth-order valence-electron chi connectivity index (χ4n) is 0.940. The third-order valence-corrected chi connectivity index (χ3v) is 1.82. The Hall–Kier alpha value is -1.54. The monoisotopic (exact) mass is 211 g/mol. The van der Waals surface area contributed by atoms with Gasteiger partial charge in [-0.2, -0.15) is 15.2 Å². The second-order valence-electron chi connectivity index (χ2n) is 2.45. The zero-order valence-corrected chi connectivity index (χ0v) is 8.68. The molecule has 0 saturated carbocycles. The van der Waals surface area contributed by atoms with Gasteiger partial charge < -0.3 is 10.6 Å². The SMILES string of the molecule is CCNc1nc(NC)nc(Cl)c1C#N. The fraction of sp³-hybridized carbons (Fsp3) is 0.375. The van der Waals surface area contributed by atoms with Crippen LogP contribution in [0.3, 0.4) is 0 Å². The second-order valence-corrected chi connectivity index (χ2v) is 2.81. The summed E-state index contributed by atoms with van der Waals surface area (Å²) in [6, 6.07) is 1.95. The molecule has 1 aromatic rings. The number of hydrogen-bond donors (Lipinski definition) is 2. The smallest absolute Gasteiger partial charge is 0.225 e. The molecule has 0 radical (unpaired) electrons. The van der Waals surface area contributed by atoms with E-state index in [0.717, 1.165) is 0 Å². The molecule has 0 saturated heterocycles. The lowest BCUT2D eigenvalue weighted by molar-refractivity contribution is 1.09. The van der Waals surface area contributed by atoms with E-state index in [1.54, 1.807) is 7.05 Å². The molecule has 0 unspecified atom stereocenters. The molecule has 74 valence electrons. The molecule has 5 nitrogen and oxygen atoms in total. The van der Waals surface area contributed by atoms with Crippen molar-refractivity contribution in [3.05, 3.63) is 10.7 Å². The summed E-state index contributed by atoms with van der Waals surface area (Å²) in [6.07, 6.45) is 0. The average Bonchev–Trinajstić information content (AvgIpc) is 2.18. The van der Waals surface area contributed by atoms with Crippen LogP contribution in [0, 0.1) is 11.3 Å². The number of aromatic nitrogens is 2. The van der Waals surface area contributed by atoms with Gasteiger partial charge in [-0.3, -0.25) is 0 Å². The first-order valence-corrected chi connectivity index (χ1v) is 4.50. The molecule has 0 aliphatic carbocycles. The highest BCUT2D eigenvalue weighted by Gasteiger charge is 2.11. The molecule has 0 bridgehead atoms. The maximum absolute atomic E-state index is 8.81. The number of nitriles is 1. The van der Waals surface area contributed by atoms with Crippen LogP contribution in [0.1, 0.15) is 12.5 Å². The van der Waals surface area contributed by atoms with Gasteiger partial charge in [-0.1, -0.05) is 11.6 Å². The van der Waals surface area contributed by atoms with Gasteiger partial charge in [0.2, 0.25) is 5.95 Å². The van der Waals surface area contributed by atoms with Crippen molar-refractivity contribution >= 4 is 23.4 Å². The minimum Gasteiger partial charge on any atom is -0.369 e. The summed E-state index contributed by atoms with van der Waals surface area (Å²) >= 11 is 5.80. The summed E-state index contributed by atoms with van der Waals surface area (Å²) < 4.78 is 0. The third-order valence-electron chi connectivity index (χ3n) is 1.54. The summed E-state index contributed by atoms with van der Waals surface area (Å²) in [5.74, 6) is 0.851. The molecule has 1 heterocycles. The summed E-state index contributed by atoms with van der Waals surface area (Å²) in [4.78, 5) is 7.96. The molecule has 0 aliphatic rings. The predicted octanol–water partition coefficient (Wildman–Crippen LogP) is 1.48. The zero-order chi connectivity index (χ0) is 10.6. The van der Waals surface area contributed by atoms with Crippen LogP contribution in [-0.4, -0.2) is 23.6 Å². The zero-order valence-electron chi connectivity index (χ0n) is 7.93. The molecule has 0 spiro atoms. The Bertz CT molecular complexity index is 371. The molecular formula is C8H10ClN5. The van der Waals surface area contributed by atoms with Crippen molar-refractivity contribution in [2.45, 2.75) is 6.92 Å². The van der Waals surface area contributed by atoms with Crippen molar-refractivity contribution in [1.29, 1.82) is 5.26 Å². The van der Waals surface area contributed by atoms with Crippen molar-refractivity contribution < 1.29 is 0 Å². The van der Waals surface area contributed by atoms with Gasteiger partial charge in [-0.15, -0.1) is 0 Å². The van der Waals surface area contributed by atoms with Gasteiger partial charge in [0.1, 0.15) is 11.6 Å². The van der Waals surface area contributed by atoms with Gasteiger partial charge in [0.25, 0.3) is 0 Å². The highest BCUT2D eigenvalue weighted by Crippen LogP contribution is 2.21. The summed E-state index contributed by atoms with van der Waals surface area (Å²) in [5.41, 5.74) is 0.271. The van der Waals surface area contributed by atoms with Crippen LogP contribution >= 0.6 is 11.6 Å². The number of hydrogen-bond acceptors (Lipinski definition) is 5. The van der Waals surface area contributed by atoms with Crippen LogP contribution < -0.4 is 10.6 Å². The van der Waals surface area contributed by atoms with E-state index >= 15 is 0 Å². The van der Waals surface area contributed by atoms with Gasteiger partial charge in [-0.25, -0.2) is 0 Å². The number of nitrogens with one attached hydrogen (secondary N) is 2. The molecule has 0 aliphatic heterocycles. The predicted molar refractivity (Wildman–Crippen MR) is 55.5 cm³/mol. The Kier molecular flexibility index (Phi) is 3.48. The van der Waals surface area contributed by atoms with E-state index in [-0.39, 0.29) is 10.7 Å². The molecule has 0 atom stereocenters. The molecule has 1 rings (SSSR count). The van der Waals surface area contributed by atoms with E-state index in [0.29, 0.717) is 18.3 Å². The molecule has 0 amide bonds. The Balaban J connectivity index is 3.22. The van der Waals surface area contributed by atoms with E-state index in [4.69, 9.17) is 16.9 Å². The van der Waals surface area contributed by atoms with Crippen molar-refractivity contribution in [3.63, 3.8) is 0 Å². The lowest BCUT2D eigenvalue weighted by Crippen LogP contribution is -2.06. The molecule has 14 heavy (non-hydrogen) atoms. The summed E-state index contributed by atoms with van der Waals surface area (Å²) in [6.45, 7) is 2.58. The van der Waals surface area contributed by atoms with Crippen LogP contribution in [0.15, 0.2) is 0 Å². The number of nitrogens with zero attached hydrogens (tertiary/aromatic N) is 3. The summed E-state index contributed by atoms with van der Waals surface area (Å²) in [5, 5.41) is 14.7. The minimum absolute atomic E-state index is 0.155. The van der Waals surface area contributed by atoms with Gasteiger partial charge >= 0.3 is 0 Å². The van der Waals surface area contributed by atoms with Crippen molar-refractivity contribution in [3.8, 4) is 6.07 Å². The van der Waals surface area contributed by atoms with Gasteiger partial charge in [-0.05, 0) is 6.92 Å². The Labute approximate surface area is 87.1 Å². The van der Waals surface area contributed by atoms with Crippen molar-refractivity contribution in [2.24, 2.45) is 0 Å². The Morgan fingerprint density at radius 3 is 2.71 bits per heavy atom. The fourth-order valence-corrected chi connectivity index (χ4v) is 1.15. The maximum Gasteiger partial charge on any atom is 0.225 e. The molecule has 0 aromatic carbocycles. The van der Waals surface area contributed by atoms with E-state index in [9.17, 15) is 0 Å². The first kappa shape index (κ1) is 10.5. The lowest BCUT2D eigenvalue weighted by atomic mass is 10.3. The van der Waals surface area contributed by atoms with Gasteiger partial charge in [0.05, 0.1) is 0 Å². The lowest BCUT2D eigenvalue weighted by Gasteiger charge is -2.07. The van der Waals surface area contributed by atoms with E-state index in [1.807, 2.05) is 13.0 Å². The van der Waals surface area contributed by atoms with Crippen molar-refractivity contribution in [2.75, 3.05) is 24.2 Å². The van der Waals surface area contributed by atoms with Gasteiger partial charge in [0.15, 0.2) is 11.0 Å². The Morgan fingerprint density at radius 2 is 2.21 bits per heavy atom. The molecule has 6 heteroatoms. The molecule has 2 N–H and O–H groups in total. The second kappa shape index (κ2) is 4.63. The molecular weight excluding hydrogens is 202 g/mol. The molecule has 0 fully saturated rings. The van der Waals surface area contributed by atoms with Crippen LogP contribution in [0.25, 0.3) is 0 Å². The highest BCUT2D eigenvalue weighted by atomic mass is 35.5. The van der Waals surface area contributed by atoms with Crippen LogP contribution in [0.4, 0.5) is 11.8 Å². The number of halogens is 1. The Morgan fingerprint density at radius 1 is 1.50 bits per heavy atom. The van der Waals surface area contributed by atoms with E-state index in [2.05, 4.69) is 20.6 Å². The highest BCUT2D eigenvalue weighted by molar-refractivity contribution is 6.31. The third kappa shape index (κ3) is 2.03. The standard InChI is InChI=1S/C8H10ClN5/c1-3-12-7-5(4-10)6(9)13-8(11-2)14-7/h3H2,1-2H3,(H2,11,12,13,14). The summed E-state index contributed by atoms with van der Waals surface area (Å²) in [7, 11) is 1.69. The van der Waals surface area contributed by atoms with Crippen LogP contribution in [-0.2, 0) is 0 Å². The quantitative estimate of drug-likeness (QED) is 0.741. The van der Waals surface area contributed by atoms with Crippen LogP contribution in [0.5, 0.6) is 0 Å². The first-order valence-electron chi connectivity index (χ1n) is 4.12.